The summed E-state index contributed by atoms with van der Waals surface area (Å²) in [6, 6.07) is 0. The largest absolute Gasteiger partial charge is 0.448 e. The standard InChI is InChI=1S/C17H24N4O4/c1-15(2)16(3)6-7-17(15,25-13(16)23)12(22)21-8-4-10(5-9-21)11-18-14(24)20-19-11/h10H,4-9H2,1-3H3,(H2,18,19,20,24)/t16-,17+/m0/s1. The molecule has 25 heavy (non-hydrogen) atoms. The molecule has 0 radical (unpaired) electrons. The monoisotopic (exact) mass is 348 g/mol. The maximum atomic E-state index is 13.3. The van der Waals surface area contributed by atoms with Crippen LogP contribution in [0.4, 0.5) is 0 Å². The molecule has 0 spiro atoms. The zero-order valence-electron chi connectivity index (χ0n) is 14.8. The number of amides is 1. The second kappa shape index (κ2) is 4.95. The van der Waals surface area contributed by atoms with Gasteiger partial charge in [-0.2, -0.15) is 5.10 Å². The third kappa shape index (κ3) is 1.93. The van der Waals surface area contributed by atoms with Crippen molar-refractivity contribution in [3.63, 3.8) is 0 Å². The molecule has 4 rings (SSSR count). The summed E-state index contributed by atoms with van der Waals surface area (Å²) < 4.78 is 5.70. The summed E-state index contributed by atoms with van der Waals surface area (Å²) in [7, 11) is 0. The van der Waals surface area contributed by atoms with Gasteiger partial charge in [0.2, 0.25) is 0 Å². The van der Waals surface area contributed by atoms with E-state index in [0.29, 0.717) is 31.8 Å². The summed E-state index contributed by atoms with van der Waals surface area (Å²) in [6.07, 6.45) is 2.74. The summed E-state index contributed by atoms with van der Waals surface area (Å²) in [6.45, 7) is 7.01. The van der Waals surface area contributed by atoms with Crippen LogP contribution in [0, 0.1) is 10.8 Å². The van der Waals surface area contributed by atoms with Crippen LogP contribution in [0.5, 0.6) is 0 Å². The normalized spacial score (nSPS) is 34.4. The predicted molar refractivity (Wildman–Crippen MR) is 87.7 cm³/mol. The molecule has 8 nitrogen and oxygen atoms in total. The predicted octanol–water partition coefficient (Wildman–Crippen LogP) is 0.926. The third-order valence-electron chi connectivity index (χ3n) is 7.12. The number of aromatic nitrogens is 3. The number of rotatable bonds is 2. The number of aromatic amines is 2. The van der Waals surface area contributed by atoms with Gasteiger partial charge in [0.15, 0.2) is 5.60 Å². The molecule has 2 aliphatic heterocycles. The molecule has 1 aromatic heterocycles. The maximum Gasteiger partial charge on any atom is 0.340 e. The zero-order chi connectivity index (χ0) is 18.0. The van der Waals surface area contributed by atoms with E-state index in [-0.39, 0.29) is 23.5 Å². The van der Waals surface area contributed by atoms with E-state index in [4.69, 9.17) is 4.74 Å². The van der Waals surface area contributed by atoms with Crippen LogP contribution in [-0.2, 0) is 14.3 Å². The number of ether oxygens (including phenoxy) is 1. The van der Waals surface area contributed by atoms with Crippen LogP contribution in [0.2, 0.25) is 0 Å². The van der Waals surface area contributed by atoms with Crippen molar-refractivity contribution in [3.05, 3.63) is 16.3 Å². The van der Waals surface area contributed by atoms with Gasteiger partial charge in [-0.25, -0.2) is 9.89 Å². The third-order valence-corrected chi connectivity index (χ3v) is 7.12. The van der Waals surface area contributed by atoms with Crippen molar-refractivity contribution >= 4 is 11.9 Å². The molecule has 0 aromatic carbocycles. The summed E-state index contributed by atoms with van der Waals surface area (Å²) in [4.78, 5) is 41.4. The van der Waals surface area contributed by atoms with Gasteiger partial charge in [-0.3, -0.25) is 14.6 Å². The molecule has 0 unspecified atom stereocenters. The Morgan fingerprint density at radius 2 is 1.88 bits per heavy atom. The molecular formula is C17H24N4O4. The molecular weight excluding hydrogens is 324 g/mol. The summed E-state index contributed by atoms with van der Waals surface area (Å²) in [5.41, 5.74) is -2.45. The van der Waals surface area contributed by atoms with E-state index >= 15 is 0 Å². The van der Waals surface area contributed by atoms with Gasteiger partial charge in [-0.1, -0.05) is 13.8 Å². The van der Waals surface area contributed by atoms with Gasteiger partial charge in [-0.15, -0.1) is 0 Å². The van der Waals surface area contributed by atoms with Crippen molar-refractivity contribution in [2.45, 2.75) is 58.0 Å². The topological polar surface area (TPSA) is 108 Å². The minimum Gasteiger partial charge on any atom is -0.448 e. The number of fused-ring (bicyclic) bond motifs is 2. The van der Waals surface area contributed by atoms with Gasteiger partial charge in [0.05, 0.1) is 5.41 Å². The molecule has 2 atom stereocenters. The van der Waals surface area contributed by atoms with Crippen LogP contribution in [0.15, 0.2) is 4.79 Å². The fourth-order valence-electron chi connectivity index (χ4n) is 4.81. The highest BCUT2D eigenvalue weighted by atomic mass is 16.6. The van der Waals surface area contributed by atoms with Gasteiger partial charge in [0.25, 0.3) is 5.91 Å². The number of nitrogens with zero attached hydrogens (tertiary/aromatic N) is 2. The first-order valence-electron chi connectivity index (χ1n) is 8.89. The zero-order valence-corrected chi connectivity index (χ0v) is 14.8. The molecule has 2 N–H and O–H groups in total. The number of esters is 1. The number of piperidine rings is 1. The SMILES string of the molecule is CC1(C)[C@@]2(C)CC[C@]1(C(=O)N1CCC(c3n[nH]c(=O)[nH]3)CC1)OC2=O. The summed E-state index contributed by atoms with van der Waals surface area (Å²) in [5.74, 6) is 0.465. The summed E-state index contributed by atoms with van der Waals surface area (Å²) in [5, 5.41) is 6.39. The Balaban J connectivity index is 1.51. The average Bonchev–Trinajstić information content (AvgIpc) is 3.14. The first-order chi connectivity index (χ1) is 11.7. The maximum absolute atomic E-state index is 13.3. The highest BCUT2D eigenvalue weighted by molar-refractivity contribution is 5.96. The Labute approximate surface area is 145 Å². The van der Waals surface area contributed by atoms with E-state index in [0.717, 1.165) is 12.8 Å². The minimum absolute atomic E-state index is 0.0685. The van der Waals surface area contributed by atoms with Crippen LogP contribution in [0.3, 0.4) is 0 Å². The lowest BCUT2D eigenvalue weighted by Crippen LogP contribution is -2.56. The Morgan fingerprint density at radius 3 is 2.36 bits per heavy atom. The second-order valence-corrected chi connectivity index (χ2v) is 8.30. The molecule has 1 saturated carbocycles. The Kier molecular flexibility index (Phi) is 3.24. The number of hydrogen-bond donors (Lipinski definition) is 2. The van der Waals surface area contributed by atoms with Gasteiger partial charge < -0.3 is 9.64 Å². The number of carbonyl (C=O) groups is 2. The lowest BCUT2D eigenvalue weighted by molar-refractivity contribution is -0.174. The fraction of sp³-hybridized carbons (Fsp3) is 0.765. The number of hydrogen-bond acceptors (Lipinski definition) is 5. The highest BCUT2D eigenvalue weighted by Gasteiger charge is 2.76. The van der Waals surface area contributed by atoms with Gasteiger partial charge in [0.1, 0.15) is 5.82 Å². The van der Waals surface area contributed by atoms with Crippen molar-refractivity contribution in [2.24, 2.45) is 10.8 Å². The average molecular weight is 348 g/mol. The van der Waals surface area contributed by atoms with Crippen molar-refractivity contribution in [1.82, 2.24) is 20.1 Å². The molecule has 2 saturated heterocycles. The molecule has 1 aliphatic carbocycles. The van der Waals surface area contributed by atoms with Crippen LogP contribution >= 0.6 is 0 Å². The molecule has 3 fully saturated rings. The van der Waals surface area contributed by atoms with E-state index in [1.165, 1.54) is 0 Å². The Morgan fingerprint density at radius 1 is 1.20 bits per heavy atom. The van der Waals surface area contributed by atoms with Crippen molar-refractivity contribution in [2.75, 3.05) is 13.1 Å². The van der Waals surface area contributed by atoms with Crippen LogP contribution in [0.25, 0.3) is 0 Å². The van der Waals surface area contributed by atoms with Gasteiger partial charge in [0, 0.05) is 24.4 Å². The molecule has 8 heteroatoms. The smallest absolute Gasteiger partial charge is 0.340 e. The summed E-state index contributed by atoms with van der Waals surface area (Å²) >= 11 is 0. The molecule has 3 aliphatic rings. The van der Waals surface area contributed by atoms with E-state index < -0.39 is 16.4 Å². The highest BCUT2D eigenvalue weighted by Crippen LogP contribution is 2.66. The van der Waals surface area contributed by atoms with Crippen LogP contribution in [0.1, 0.15) is 58.2 Å². The first kappa shape index (κ1) is 16.4. The number of carbonyl (C=O) groups excluding carboxylic acids is 2. The van der Waals surface area contributed by atoms with Gasteiger partial charge in [-0.05, 0) is 32.6 Å². The fourth-order valence-corrected chi connectivity index (χ4v) is 4.81. The molecule has 1 amide bonds. The Hall–Kier alpha value is -2.12. The van der Waals surface area contributed by atoms with Crippen molar-refractivity contribution in [3.8, 4) is 0 Å². The van der Waals surface area contributed by atoms with E-state index in [2.05, 4.69) is 15.2 Å². The van der Waals surface area contributed by atoms with E-state index in [9.17, 15) is 14.4 Å². The Bertz CT molecular complexity index is 789. The number of likely N-dealkylation sites (tertiary alicyclic amines) is 1. The molecule has 136 valence electrons. The van der Waals surface area contributed by atoms with E-state index in [1.807, 2.05) is 25.7 Å². The molecule has 2 bridgehead atoms. The van der Waals surface area contributed by atoms with Crippen LogP contribution in [-0.4, -0.2) is 50.6 Å². The lowest BCUT2D eigenvalue weighted by Gasteiger charge is -2.41. The minimum atomic E-state index is -1.04. The first-order valence-corrected chi connectivity index (χ1v) is 8.89. The van der Waals surface area contributed by atoms with E-state index in [1.54, 1.807) is 0 Å². The molecule has 3 heterocycles. The van der Waals surface area contributed by atoms with Crippen molar-refractivity contribution in [1.29, 1.82) is 0 Å². The number of H-pyrrole nitrogens is 2. The van der Waals surface area contributed by atoms with Crippen LogP contribution < -0.4 is 5.69 Å². The number of nitrogens with one attached hydrogen (secondary N) is 2. The lowest BCUT2D eigenvalue weighted by atomic mass is 9.66. The molecule has 1 aromatic rings. The second-order valence-electron chi connectivity index (χ2n) is 8.30. The van der Waals surface area contributed by atoms with Gasteiger partial charge >= 0.3 is 11.7 Å². The van der Waals surface area contributed by atoms with Crippen molar-refractivity contribution < 1.29 is 14.3 Å². The quantitative estimate of drug-likeness (QED) is 0.773.